The molecule has 1 N–H and O–H groups in total. The van der Waals surface area contributed by atoms with Gasteiger partial charge in [-0.1, -0.05) is 19.1 Å². The van der Waals surface area contributed by atoms with Crippen molar-refractivity contribution in [1.29, 1.82) is 0 Å². The van der Waals surface area contributed by atoms with Crippen LogP contribution in [0, 0.1) is 0 Å². The molecule has 0 bridgehead atoms. The van der Waals surface area contributed by atoms with Crippen LogP contribution >= 0.6 is 0 Å². The standard InChI is InChI=1S/C20H33N3O2/c1-2-21-10-12-23(13-11-21)16-19(24)17-25-20-7-5-6-18(14-20)15-22-8-3-4-9-22/h5-7,14,19,24H,2-4,8-13,15-17H2,1H3/t19-/m1/s1. The molecule has 0 aliphatic carbocycles. The van der Waals surface area contributed by atoms with Gasteiger partial charge in [-0.2, -0.15) is 0 Å². The van der Waals surface area contributed by atoms with Crippen LogP contribution in [0.4, 0.5) is 0 Å². The summed E-state index contributed by atoms with van der Waals surface area (Å²) < 4.78 is 5.85. The SMILES string of the molecule is CCN1CCN(C[C@@H](O)COc2cccc(CN3CCCC3)c2)CC1. The monoisotopic (exact) mass is 347 g/mol. The highest BCUT2D eigenvalue weighted by molar-refractivity contribution is 5.28. The van der Waals surface area contributed by atoms with Crippen molar-refractivity contribution >= 4 is 0 Å². The average Bonchev–Trinajstić information content (AvgIpc) is 3.14. The van der Waals surface area contributed by atoms with Gasteiger partial charge < -0.3 is 14.7 Å². The first-order valence-electron chi connectivity index (χ1n) is 9.80. The Balaban J connectivity index is 1.40. The molecule has 1 aromatic rings. The predicted octanol–water partition coefficient (Wildman–Crippen LogP) is 1.66. The number of piperazine rings is 1. The molecule has 2 saturated heterocycles. The van der Waals surface area contributed by atoms with E-state index in [1.807, 2.05) is 6.07 Å². The number of hydrogen-bond donors (Lipinski definition) is 1. The Bertz CT molecular complexity index is 511. The summed E-state index contributed by atoms with van der Waals surface area (Å²) in [6.45, 7) is 12.1. The third kappa shape index (κ3) is 5.96. The zero-order valence-corrected chi connectivity index (χ0v) is 15.6. The molecule has 1 aromatic carbocycles. The van der Waals surface area contributed by atoms with Crippen LogP contribution in [-0.4, -0.2) is 84.9 Å². The Kier molecular flexibility index (Phi) is 7.11. The van der Waals surface area contributed by atoms with Crippen LogP contribution in [0.15, 0.2) is 24.3 Å². The lowest BCUT2D eigenvalue weighted by Crippen LogP contribution is -2.49. The second-order valence-electron chi connectivity index (χ2n) is 7.33. The van der Waals surface area contributed by atoms with Crippen LogP contribution < -0.4 is 4.74 Å². The van der Waals surface area contributed by atoms with Gasteiger partial charge in [0.15, 0.2) is 0 Å². The molecule has 2 aliphatic heterocycles. The van der Waals surface area contributed by atoms with Gasteiger partial charge in [0.05, 0.1) is 0 Å². The van der Waals surface area contributed by atoms with Gasteiger partial charge in [-0.3, -0.25) is 9.80 Å². The molecular weight excluding hydrogens is 314 g/mol. The molecule has 5 nitrogen and oxygen atoms in total. The number of ether oxygens (including phenoxy) is 1. The molecule has 0 radical (unpaired) electrons. The molecule has 5 heteroatoms. The van der Waals surface area contributed by atoms with Crippen LogP contribution in [0.25, 0.3) is 0 Å². The molecule has 25 heavy (non-hydrogen) atoms. The Morgan fingerprint density at radius 2 is 1.72 bits per heavy atom. The van der Waals surface area contributed by atoms with Crippen LogP contribution in [0.1, 0.15) is 25.3 Å². The zero-order chi connectivity index (χ0) is 17.5. The van der Waals surface area contributed by atoms with Gasteiger partial charge in [-0.05, 0) is 50.2 Å². The second kappa shape index (κ2) is 9.53. The van der Waals surface area contributed by atoms with Crippen molar-refractivity contribution < 1.29 is 9.84 Å². The molecule has 0 aromatic heterocycles. The highest BCUT2D eigenvalue weighted by atomic mass is 16.5. The molecule has 2 heterocycles. The number of aliphatic hydroxyl groups excluding tert-OH is 1. The summed E-state index contributed by atoms with van der Waals surface area (Å²) in [6, 6.07) is 8.32. The molecule has 0 amide bonds. The van der Waals surface area contributed by atoms with Gasteiger partial charge in [-0.25, -0.2) is 0 Å². The third-order valence-electron chi connectivity index (χ3n) is 5.33. The summed E-state index contributed by atoms with van der Waals surface area (Å²) in [6.07, 6.45) is 2.19. The maximum absolute atomic E-state index is 10.3. The maximum Gasteiger partial charge on any atom is 0.119 e. The van der Waals surface area contributed by atoms with Crippen molar-refractivity contribution in [2.45, 2.75) is 32.4 Å². The number of benzene rings is 1. The number of likely N-dealkylation sites (N-methyl/N-ethyl adjacent to an activating group) is 1. The fourth-order valence-electron chi connectivity index (χ4n) is 3.76. The molecule has 2 aliphatic rings. The summed E-state index contributed by atoms with van der Waals surface area (Å²) >= 11 is 0. The highest BCUT2D eigenvalue weighted by Gasteiger charge is 2.18. The van der Waals surface area contributed by atoms with Crippen LogP contribution in [-0.2, 0) is 6.54 Å². The number of aliphatic hydroxyl groups is 1. The predicted molar refractivity (Wildman–Crippen MR) is 101 cm³/mol. The lowest BCUT2D eigenvalue weighted by atomic mass is 10.2. The number of nitrogens with zero attached hydrogens (tertiary/aromatic N) is 3. The minimum absolute atomic E-state index is 0.362. The summed E-state index contributed by atoms with van der Waals surface area (Å²) in [5.74, 6) is 0.867. The second-order valence-corrected chi connectivity index (χ2v) is 7.33. The van der Waals surface area contributed by atoms with E-state index in [9.17, 15) is 5.11 Å². The number of likely N-dealkylation sites (tertiary alicyclic amines) is 1. The summed E-state index contributed by atoms with van der Waals surface area (Å²) in [7, 11) is 0. The van der Waals surface area contributed by atoms with E-state index in [0.29, 0.717) is 13.2 Å². The highest BCUT2D eigenvalue weighted by Crippen LogP contribution is 2.18. The molecule has 2 fully saturated rings. The van der Waals surface area contributed by atoms with Gasteiger partial charge in [0.2, 0.25) is 0 Å². The van der Waals surface area contributed by atoms with Crippen LogP contribution in [0.5, 0.6) is 5.75 Å². The topological polar surface area (TPSA) is 39.2 Å². The van der Waals surface area contributed by atoms with Crippen molar-refractivity contribution in [3.05, 3.63) is 29.8 Å². The van der Waals surface area contributed by atoms with E-state index < -0.39 is 6.10 Å². The van der Waals surface area contributed by atoms with E-state index in [2.05, 4.69) is 39.8 Å². The van der Waals surface area contributed by atoms with Crippen molar-refractivity contribution in [3.63, 3.8) is 0 Å². The van der Waals surface area contributed by atoms with Crippen LogP contribution in [0.3, 0.4) is 0 Å². The van der Waals surface area contributed by atoms with Crippen LogP contribution in [0.2, 0.25) is 0 Å². The van der Waals surface area contributed by atoms with Crippen molar-refractivity contribution in [3.8, 4) is 5.75 Å². The Morgan fingerprint density at radius 1 is 1.00 bits per heavy atom. The minimum atomic E-state index is -0.435. The van der Waals surface area contributed by atoms with Crippen molar-refractivity contribution in [2.24, 2.45) is 0 Å². The molecule has 0 unspecified atom stereocenters. The molecular formula is C20H33N3O2. The first-order valence-corrected chi connectivity index (χ1v) is 9.80. The summed E-state index contributed by atoms with van der Waals surface area (Å²) in [4.78, 5) is 7.28. The Hall–Kier alpha value is -1.14. The van der Waals surface area contributed by atoms with E-state index >= 15 is 0 Å². The summed E-state index contributed by atoms with van der Waals surface area (Å²) in [5, 5.41) is 10.3. The molecule has 1 atom stereocenters. The van der Waals surface area contributed by atoms with Crippen molar-refractivity contribution in [2.75, 3.05) is 59.0 Å². The smallest absolute Gasteiger partial charge is 0.119 e. The van der Waals surface area contributed by atoms with E-state index in [1.165, 1.54) is 31.5 Å². The van der Waals surface area contributed by atoms with Gasteiger partial charge >= 0.3 is 0 Å². The van der Waals surface area contributed by atoms with Gasteiger partial charge in [0.1, 0.15) is 18.5 Å². The number of rotatable bonds is 8. The molecule has 3 rings (SSSR count). The first kappa shape index (κ1) is 18.6. The Labute approximate surface area is 152 Å². The normalized spacial score (nSPS) is 21.5. The molecule has 0 saturated carbocycles. The average molecular weight is 348 g/mol. The quantitative estimate of drug-likeness (QED) is 0.774. The Morgan fingerprint density at radius 3 is 2.44 bits per heavy atom. The maximum atomic E-state index is 10.3. The fraction of sp³-hybridized carbons (Fsp3) is 0.700. The van der Waals surface area contributed by atoms with Gasteiger partial charge in [0, 0.05) is 39.3 Å². The zero-order valence-electron chi connectivity index (χ0n) is 15.6. The van der Waals surface area contributed by atoms with Gasteiger partial charge in [0.25, 0.3) is 0 Å². The largest absolute Gasteiger partial charge is 0.491 e. The third-order valence-corrected chi connectivity index (χ3v) is 5.33. The number of β-amino-alcohol motifs (C(OH)–C–C–N with tert-alkyl or cyclic N) is 1. The van der Waals surface area contributed by atoms with Gasteiger partial charge in [-0.15, -0.1) is 0 Å². The number of hydrogen-bond acceptors (Lipinski definition) is 5. The van der Waals surface area contributed by atoms with Crippen molar-refractivity contribution in [1.82, 2.24) is 14.7 Å². The lowest BCUT2D eigenvalue weighted by Gasteiger charge is -2.34. The lowest BCUT2D eigenvalue weighted by molar-refractivity contribution is 0.0470. The molecule has 140 valence electrons. The van der Waals surface area contributed by atoms with E-state index in [-0.39, 0.29) is 0 Å². The fourth-order valence-corrected chi connectivity index (χ4v) is 3.76. The first-order chi connectivity index (χ1) is 12.2. The van der Waals surface area contributed by atoms with E-state index in [4.69, 9.17) is 4.74 Å². The van der Waals surface area contributed by atoms with E-state index in [0.717, 1.165) is 45.0 Å². The molecule has 0 spiro atoms. The minimum Gasteiger partial charge on any atom is -0.491 e. The summed E-state index contributed by atoms with van der Waals surface area (Å²) in [5.41, 5.74) is 1.30. The van der Waals surface area contributed by atoms with E-state index in [1.54, 1.807) is 0 Å².